The van der Waals surface area contributed by atoms with E-state index in [2.05, 4.69) is 30.8 Å². The van der Waals surface area contributed by atoms with Crippen molar-refractivity contribution in [2.24, 2.45) is 0 Å². The number of aliphatic hydroxyl groups is 3. The minimum Gasteiger partial charge on any atom is -0.397 e. The molecule has 6 rings (SSSR count). The highest BCUT2D eigenvalue weighted by molar-refractivity contribution is 7.47. The largest absolute Gasteiger partial charge is 0.695 e. The van der Waals surface area contributed by atoms with Crippen LogP contribution in [0.2, 0.25) is 0 Å². The SMILES string of the molecule is C#C[C@]1(COP(=O)(O)OC2[C@@H](O)[C@@H](CO)O[C@H]2n2cnc3c(=O)[nH]c(N)nc32)O[C@@H](n2cnc3c(N)ccnc32)C(O)[C@H]1O[P+](=O)O. The summed E-state index contributed by atoms with van der Waals surface area (Å²) >= 11 is 0. The van der Waals surface area contributed by atoms with Gasteiger partial charge in [-0.25, -0.2) is 19.5 Å². The first-order valence-corrected chi connectivity index (χ1v) is 16.0. The van der Waals surface area contributed by atoms with Gasteiger partial charge in [0.2, 0.25) is 5.95 Å². The summed E-state index contributed by atoms with van der Waals surface area (Å²) in [6.07, 6.45) is -2.10. The van der Waals surface area contributed by atoms with Crippen LogP contribution in [0.1, 0.15) is 12.5 Å². The number of nitrogens with one attached hydrogen (secondary N) is 1. The number of aliphatic hydroxyl groups excluding tert-OH is 3. The molecule has 4 unspecified atom stereocenters. The van der Waals surface area contributed by atoms with Crippen LogP contribution in [0, 0.1) is 12.3 Å². The predicted molar refractivity (Wildman–Crippen MR) is 155 cm³/mol. The van der Waals surface area contributed by atoms with Gasteiger partial charge >= 0.3 is 16.1 Å². The molecule has 2 aliphatic heterocycles. The quantitative estimate of drug-likeness (QED) is 0.0642. The van der Waals surface area contributed by atoms with E-state index >= 15 is 0 Å². The number of rotatable bonds is 10. The third-order valence-corrected chi connectivity index (χ3v) is 8.89. The number of nitrogen functional groups attached to an aromatic ring is 2. The van der Waals surface area contributed by atoms with E-state index in [0.717, 1.165) is 10.9 Å². The number of ether oxygens (including phenoxy) is 2. The molecule has 6 heterocycles. The van der Waals surface area contributed by atoms with Crippen LogP contribution in [0.15, 0.2) is 29.7 Å². The normalized spacial score (nSPS) is 30.9. The van der Waals surface area contributed by atoms with Crippen molar-refractivity contribution in [1.29, 1.82) is 0 Å². The number of phosphoric acid groups is 1. The van der Waals surface area contributed by atoms with Gasteiger partial charge < -0.3 is 41.2 Å². The molecule has 22 nitrogen and oxygen atoms in total. The van der Waals surface area contributed by atoms with Crippen LogP contribution >= 0.6 is 16.1 Å². The van der Waals surface area contributed by atoms with E-state index in [9.17, 15) is 39.0 Å². The Morgan fingerprint density at radius 2 is 1.85 bits per heavy atom. The monoisotopic (exact) mass is 698 g/mol. The van der Waals surface area contributed by atoms with Crippen LogP contribution < -0.4 is 17.0 Å². The topological polar surface area (TPSA) is 328 Å². The maximum Gasteiger partial charge on any atom is 0.695 e. The molecule has 10 N–H and O–H groups in total. The average Bonchev–Trinajstić information content (AvgIpc) is 3.77. The summed E-state index contributed by atoms with van der Waals surface area (Å²) in [6, 6.07) is 1.48. The zero-order valence-corrected chi connectivity index (χ0v) is 25.4. The fourth-order valence-electron chi connectivity index (χ4n) is 5.35. The Bertz CT molecular complexity index is 2000. The Morgan fingerprint density at radius 1 is 1.15 bits per heavy atom. The molecule has 0 aliphatic carbocycles. The maximum atomic E-state index is 13.3. The van der Waals surface area contributed by atoms with Gasteiger partial charge in [0.15, 0.2) is 41.0 Å². The van der Waals surface area contributed by atoms with Gasteiger partial charge in [0.25, 0.3) is 5.56 Å². The summed E-state index contributed by atoms with van der Waals surface area (Å²) in [4.78, 5) is 51.1. The number of hydrogen-bond donors (Lipinski definition) is 8. The Balaban J connectivity index is 1.28. The number of anilines is 2. The molecule has 0 spiro atoms. The Hall–Kier alpha value is -3.94. The van der Waals surface area contributed by atoms with E-state index in [4.69, 9.17) is 40.9 Å². The number of imidazole rings is 2. The average molecular weight is 698 g/mol. The number of hydrogen-bond acceptors (Lipinski definition) is 17. The summed E-state index contributed by atoms with van der Waals surface area (Å²) in [6.45, 7) is -1.84. The zero-order valence-electron chi connectivity index (χ0n) is 23.6. The number of nitrogens with zero attached hydrogens (tertiary/aromatic N) is 6. The van der Waals surface area contributed by atoms with Gasteiger partial charge in [-0.15, -0.1) is 15.8 Å². The van der Waals surface area contributed by atoms with Crippen molar-refractivity contribution in [1.82, 2.24) is 34.1 Å². The molecule has 4 aromatic heterocycles. The summed E-state index contributed by atoms with van der Waals surface area (Å²) < 4.78 is 54.4. The first kappa shape index (κ1) is 33.0. The fraction of sp³-hybridized carbons (Fsp3) is 0.435. The predicted octanol–water partition coefficient (Wildman–Crippen LogP) is -2.22. The van der Waals surface area contributed by atoms with E-state index in [1.54, 1.807) is 0 Å². The third kappa shape index (κ3) is 5.78. The van der Waals surface area contributed by atoms with Gasteiger partial charge in [-0.1, -0.05) is 5.92 Å². The number of terminal acetylenes is 1. The van der Waals surface area contributed by atoms with Crippen molar-refractivity contribution < 1.29 is 57.3 Å². The Morgan fingerprint density at radius 3 is 2.53 bits per heavy atom. The van der Waals surface area contributed by atoms with Gasteiger partial charge in [-0.05, 0) is 6.07 Å². The Labute approximate surface area is 262 Å². The van der Waals surface area contributed by atoms with Crippen molar-refractivity contribution in [3.8, 4) is 12.3 Å². The number of nitrogens with two attached hydrogens (primary N) is 2. The lowest BCUT2D eigenvalue weighted by molar-refractivity contribution is -0.0917. The lowest BCUT2D eigenvalue weighted by atomic mass is 9.97. The molecular weight excluding hydrogens is 672 g/mol. The molecule has 4 aromatic rings. The molecule has 250 valence electrons. The van der Waals surface area contributed by atoms with Crippen LogP contribution in [0.25, 0.3) is 22.3 Å². The highest BCUT2D eigenvalue weighted by Crippen LogP contribution is 2.52. The molecule has 2 aliphatic rings. The fourth-order valence-corrected chi connectivity index (χ4v) is 6.80. The van der Waals surface area contributed by atoms with E-state index < -0.39 is 83.4 Å². The van der Waals surface area contributed by atoms with Crippen LogP contribution in [0.4, 0.5) is 11.6 Å². The minimum atomic E-state index is -5.31. The number of phosphoric ester groups is 1. The standard InChI is InChI=1S/C23H25N9O13P2/c1-2-23(16(44-46(37)38)14(35)20(43-23)31-7-27-11-9(24)3-4-26-17(11)31)6-41-47(39,40)45-15-13(34)10(5-33)42-21(15)32-8-28-12-18(32)29-22(25)30-19(12)36/h1,3-4,7-8,10,13-16,20-21,33-35H,5-6H2,(H6-,24,25,26,29,30,36,37,38,39,40)/p+1/t10-,13+,14?,15?,16-,20-,21-,23-/m1/s1. The smallest absolute Gasteiger partial charge is 0.397 e. The summed E-state index contributed by atoms with van der Waals surface area (Å²) in [5, 5.41) is 31.7. The lowest BCUT2D eigenvalue weighted by Gasteiger charge is -2.28. The van der Waals surface area contributed by atoms with Gasteiger partial charge in [-0.2, -0.15) is 4.98 Å². The molecule has 0 radical (unpaired) electrons. The first-order chi connectivity index (χ1) is 22.3. The number of aromatic amines is 1. The summed E-state index contributed by atoms with van der Waals surface area (Å²) in [7, 11) is -8.73. The van der Waals surface area contributed by atoms with Crippen molar-refractivity contribution in [2.45, 2.75) is 48.6 Å². The minimum absolute atomic E-state index is 0.135. The van der Waals surface area contributed by atoms with Gasteiger partial charge in [0.05, 0.1) is 24.9 Å². The van der Waals surface area contributed by atoms with E-state index in [1.807, 2.05) is 0 Å². The summed E-state index contributed by atoms with van der Waals surface area (Å²) in [5.41, 5.74) is 8.84. The number of H-pyrrole nitrogens is 1. The van der Waals surface area contributed by atoms with Gasteiger partial charge in [-0.3, -0.25) is 28.0 Å². The second kappa shape index (κ2) is 12.3. The highest BCUT2D eigenvalue weighted by atomic mass is 31.2. The van der Waals surface area contributed by atoms with Gasteiger partial charge in [0, 0.05) is 10.8 Å². The molecule has 0 saturated carbocycles. The van der Waals surface area contributed by atoms with Crippen LogP contribution in [-0.2, 0) is 32.2 Å². The molecule has 0 bridgehead atoms. The zero-order chi connectivity index (χ0) is 33.8. The molecule has 24 heteroatoms. The molecule has 10 atom stereocenters. The first-order valence-electron chi connectivity index (χ1n) is 13.3. The summed E-state index contributed by atoms with van der Waals surface area (Å²) in [5.74, 6) is 1.86. The van der Waals surface area contributed by atoms with Crippen LogP contribution in [0.5, 0.6) is 0 Å². The van der Waals surface area contributed by atoms with E-state index in [0.29, 0.717) is 0 Å². The molecule has 2 saturated heterocycles. The number of fused-ring (bicyclic) bond motifs is 2. The van der Waals surface area contributed by atoms with Crippen molar-refractivity contribution in [3.05, 3.63) is 35.3 Å². The van der Waals surface area contributed by atoms with Crippen molar-refractivity contribution >= 4 is 50.0 Å². The second-order valence-electron chi connectivity index (χ2n) is 10.3. The van der Waals surface area contributed by atoms with Crippen LogP contribution in [-0.4, -0.2) is 108 Å². The number of aromatic nitrogens is 7. The van der Waals surface area contributed by atoms with Crippen molar-refractivity contribution in [3.63, 3.8) is 0 Å². The van der Waals surface area contributed by atoms with Crippen LogP contribution in [0.3, 0.4) is 0 Å². The molecule has 2 fully saturated rings. The molecule has 0 amide bonds. The number of pyridine rings is 1. The maximum absolute atomic E-state index is 13.3. The van der Waals surface area contributed by atoms with E-state index in [-0.39, 0.29) is 34.0 Å². The third-order valence-electron chi connectivity index (χ3n) is 7.52. The second-order valence-corrected chi connectivity index (χ2v) is 12.4. The lowest BCUT2D eigenvalue weighted by Crippen LogP contribution is -2.46. The van der Waals surface area contributed by atoms with Crippen molar-refractivity contribution in [2.75, 3.05) is 24.7 Å². The highest BCUT2D eigenvalue weighted by Gasteiger charge is 2.61. The molecule has 0 aromatic carbocycles. The Kier molecular flexibility index (Phi) is 8.60. The molecular formula is C23H26N9O13P2+. The van der Waals surface area contributed by atoms with Gasteiger partial charge in [0.1, 0.15) is 36.5 Å². The van der Waals surface area contributed by atoms with E-state index in [1.165, 1.54) is 23.2 Å². The molecule has 47 heavy (non-hydrogen) atoms.